The first-order chi connectivity index (χ1) is 11.5. The van der Waals surface area contributed by atoms with E-state index in [9.17, 15) is 9.82 Å². The predicted molar refractivity (Wildman–Crippen MR) is 87.8 cm³/mol. The Morgan fingerprint density at radius 1 is 1.50 bits per heavy atom. The number of carbonyl (C=O) groups is 2. The van der Waals surface area contributed by atoms with Crippen molar-refractivity contribution in [2.45, 2.75) is 12.9 Å². The van der Waals surface area contributed by atoms with Crippen molar-refractivity contribution in [1.82, 2.24) is 5.32 Å². The van der Waals surface area contributed by atoms with Crippen LogP contribution in [0.1, 0.15) is 11.8 Å². The van der Waals surface area contributed by atoms with Gasteiger partial charge in [0.15, 0.2) is 5.71 Å². The van der Waals surface area contributed by atoms with Gasteiger partial charge in [-0.3, -0.25) is 9.59 Å². The molecule has 1 aromatic heterocycles. The van der Waals surface area contributed by atoms with Crippen LogP contribution in [-0.2, 0) is 23.8 Å². The summed E-state index contributed by atoms with van der Waals surface area (Å²) in [5.41, 5.74) is 0.152. The van der Waals surface area contributed by atoms with Crippen LogP contribution < -0.4 is 5.32 Å². The van der Waals surface area contributed by atoms with E-state index < -0.39 is 24.9 Å². The molecule has 1 aromatic rings. The molecule has 1 atom stereocenters. The minimum atomic E-state index is -1.10. The van der Waals surface area contributed by atoms with Crippen LogP contribution in [0, 0.1) is 0 Å². The number of amides is 1. The summed E-state index contributed by atoms with van der Waals surface area (Å²) in [6.07, 6.45) is 0. The lowest BCUT2D eigenvalue weighted by atomic mass is 9.79. The van der Waals surface area contributed by atoms with E-state index in [1.165, 1.54) is 18.4 Å². The summed E-state index contributed by atoms with van der Waals surface area (Å²) in [6, 6.07) is 3.57. The summed E-state index contributed by atoms with van der Waals surface area (Å²) in [5, 5.41) is 25.4. The van der Waals surface area contributed by atoms with Gasteiger partial charge in [0.1, 0.15) is 7.11 Å². The Balaban J connectivity index is 0.000000648. The van der Waals surface area contributed by atoms with Crippen LogP contribution >= 0.6 is 11.3 Å². The fraction of sp³-hybridized carbons (Fsp3) is 0.462. The summed E-state index contributed by atoms with van der Waals surface area (Å²) in [6.45, 7) is 1.93. The molecule has 132 valence electrons. The number of carboxylic acids is 1. The number of aliphatic carboxylic acids is 1. The molecule has 1 saturated heterocycles. The molecule has 24 heavy (non-hydrogen) atoms. The topological polar surface area (TPSA) is 127 Å². The van der Waals surface area contributed by atoms with Gasteiger partial charge in [-0.15, -0.1) is 11.3 Å². The largest absolute Gasteiger partial charge is 0.481 e. The van der Waals surface area contributed by atoms with Crippen molar-refractivity contribution in [3.8, 4) is 0 Å². The number of carbonyl (C=O) groups excluding carboxylic acids is 1. The number of nitrogens with zero attached hydrogens (tertiary/aromatic N) is 1. The second-order valence-corrected chi connectivity index (χ2v) is 5.48. The van der Waals surface area contributed by atoms with Crippen LogP contribution in [0.3, 0.4) is 0 Å². The van der Waals surface area contributed by atoms with Crippen LogP contribution in [0.15, 0.2) is 22.7 Å². The fourth-order valence-electron chi connectivity index (χ4n) is 1.69. The molecule has 1 unspecified atom stereocenters. The first-order valence-electron chi connectivity index (χ1n) is 6.98. The lowest BCUT2D eigenvalue weighted by Gasteiger charge is -2.17. The summed E-state index contributed by atoms with van der Waals surface area (Å²) < 4.78 is 10.3. The monoisotopic (exact) mass is 358 g/mol. The Labute approximate surface area is 143 Å². The maximum absolute atomic E-state index is 12.2. The third-order valence-corrected chi connectivity index (χ3v) is 3.50. The van der Waals surface area contributed by atoms with Crippen molar-refractivity contribution < 1.29 is 33.9 Å². The van der Waals surface area contributed by atoms with E-state index >= 15 is 0 Å². The van der Waals surface area contributed by atoms with Crippen LogP contribution in [0.25, 0.3) is 0 Å². The molecule has 1 fully saturated rings. The van der Waals surface area contributed by atoms with Crippen LogP contribution in [0.4, 0.5) is 0 Å². The first kappa shape index (κ1) is 20.1. The number of ether oxygens (including phenoxy) is 1. The van der Waals surface area contributed by atoms with Crippen molar-refractivity contribution >= 4 is 36.0 Å². The standard InChI is InChI=1S/C11H15BN2O5S.C2H4O2/c1-17-14-10(8-3-2-6-20-8)11(15)13-9-7-18-4-5-19-12(9)16;1-2(3)4/h2-3,6,9,16H,4-5,7H2,1H3,(H,13,15);1H3,(H,3,4)/b14-10-;. The number of thiophene rings is 1. The van der Waals surface area contributed by atoms with Gasteiger partial charge >= 0.3 is 7.12 Å². The zero-order chi connectivity index (χ0) is 17.9. The quantitative estimate of drug-likeness (QED) is 0.385. The predicted octanol–water partition coefficient (Wildman–Crippen LogP) is -0.259. The average molecular weight is 358 g/mol. The van der Waals surface area contributed by atoms with Gasteiger partial charge in [-0.25, -0.2) is 0 Å². The summed E-state index contributed by atoms with van der Waals surface area (Å²) in [7, 11) is 0.265. The van der Waals surface area contributed by atoms with Crippen molar-refractivity contribution in [3.05, 3.63) is 22.4 Å². The summed E-state index contributed by atoms with van der Waals surface area (Å²) in [4.78, 5) is 26.6. The molecule has 11 heteroatoms. The van der Waals surface area contributed by atoms with Crippen LogP contribution in [-0.4, -0.2) is 67.7 Å². The van der Waals surface area contributed by atoms with Crippen molar-refractivity contribution in [3.63, 3.8) is 0 Å². The Morgan fingerprint density at radius 3 is 2.79 bits per heavy atom. The Kier molecular flexibility index (Phi) is 9.01. The van der Waals surface area contributed by atoms with E-state index in [0.717, 1.165) is 6.92 Å². The highest BCUT2D eigenvalue weighted by Crippen LogP contribution is 2.11. The maximum Gasteiger partial charge on any atom is 0.480 e. The molecule has 0 spiro atoms. The van der Waals surface area contributed by atoms with Gasteiger partial charge in [-0.1, -0.05) is 11.2 Å². The molecule has 3 N–H and O–H groups in total. The van der Waals surface area contributed by atoms with Crippen LogP contribution in [0.2, 0.25) is 0 Å². The molecule has 0 bridgehead atoms. The van der Waals surface area contributed by atoms with Gasteiger partial charge in [0, 0.05) is 6.92 Å². The number of hydrogen-bond donors (Lipinski definition) is 3. The van der Waals surface area contributed by atoms with Gasteiger partial charge < -0.3 is 29.7 Å². The molecule has 1 aliphatic rings. The number of nitrogens with one attached hydrogen (secondary N) is 1. The molecule has 0 radical (unpaired) electrons. The normalized spacial score (nSPS) is 18.0. The molecule has 2 rings (SSSR count). The Bertz CT molecular complexity index is 549. The highest BCUT2D eigenvalue weighted by Gasteiger charge is 2.32. The molecule has 2 heterocycles. The SMILES string of the molecule is CC(=O)O.CO/N=C(\C(=O)NC1COCCOB1O)c1cccs1. The van der Waals surface area contributed by atoms with E-state index in [4.69, 9.17) is 24.1 Å². The minimum absolute atomic E-state index is 0.152. The molecular weight excluding hydrogens is 339 g/mol. The van der Waals surface area contributed by atoms with Gasteiger partial charge in [-0.2, -0.15) is 0 Å². The molecule has 0 aromatic carbocycles. The number of hydrogen-bond acceptors (Lipinski definition) is 8. The average Bonchev–Trinajstić information content (AvgIpc) is 2.96. The first-order valence-corrected chi connectivity index (χ1v) is 7.86. The Morgan fingerprint density at radius 2 is 2.21 bits per heavy atom. The van der Waals surface area contributed by atoms with Crippen molar-refractivity contribution in [1.29, 1.82) is 0 Å². The minimum Gasteiger partial charge on any atom is -0.481 e. The van der Waals surface area contributed by atoms with E-state index in [1.807, 2.05) is 11.4 Å². The third-order valence-electron chi connectivity index (χ3n) is 2.63. The third kappa shape index (κ3) is 7.09. The smallest absolute Gasteiger partial charge is 0.480 e. The second kappa shape index (κ2) is 10.8. The van der Waals surface area contributed by atoms with Gasteiger partial charge in [0.05, 0.1) is 30.6 Å². The maximum atomic E-state index is 12.2. The zero-order valence-electron chi connectivity index (χ0n) is 13.3. The lowest BCUT2D eigenvalue weighted by molar-refractivity contribution is -0.134. The molecule has 1 aliphatic heterocycles. The van der Waals surface area contributed by atoms with Gasteiger partial charge in [-0.05, 0) is 11.4 Å². The van der Waals surface area contributed by atoms with E-state index in [1.54, 1.807) is 6.07 Å². The number of carboxylic acid groups (broad SMARTS) is 1. The molecule has 1 amide bonds. The van der Waals surface area contributed by atoms with Crippen LogP contribution in [0.5, 0.6) is 0 Å². The summed E-state index contributed by atoms with van der Waals surface area (Å²) >= 11 is 1.37. The molecular formula is C13H19BN2O7S. The second-order valence-electron chi connectivity index (χ2n) is 4.54. The molecule has 0 saturated carbocycles. The van der Waals surface area contributed by atoms with Gasteiger partial charge in [0.25, 0.3) is 11.9 Å². The fourth-order valence-corrected chi connectivity index (χ4v) is 2.39. The molecule has 0 aliphatic carbocycles. The summed E-state index contributed by atoms with van der Waals surface area (Å²) in [5.74, 6) is -1.93. The van der Waals surface area contributed by atoms with E-state index in [2.05, 4.69) is 10.5 Å². The van der Waals surface area contributed by atoms with E-state index in [0.29, 0.717) is 11.5 Å². The lowest BCUT2D eigenvalue weighted by Crippen LogP contribution is -2.51. The highest BCUT2D eigenvalue weighted by atomic mass is 32.1. The highest BCUT2D eigenvalue weighted by molar-refractivity contribution is 7.13. The van der Waals surface area contributed by atoms with Crippen molar-refractivity contribution in [2.24, 2.45) is 5.16 Å². The number of rotatable bonds is 4. The van der Waals surface area contributed by atoms with Crippen molar-refractivity contribution in [2.75, 3.05) is 26.9 Å². The zero-order valence-corrected chi connectivity index (χ0v) is 14.1. The van der Waals surface area contributed by atoms with E-state index in [-0.39, 0.29) is 18.9 Å². The Hall–Kier alpha value is -1.95. The number of oxime groups is 1. The van der Waals surface area contributed by atoms with Gasteiger partial charge in [0.2, 0.25) is 0 Å². The molecule has 9 nitrogen and oxygen atoms in total.